The van der Waals surface area contributed by atoms with Crippen molar-refractivity contribution >= 4 is 11.9 Å². The van der Waals surface area contributed by atoms with Crippen molar-refractivity contribution in [2.45, 2.75) is 19.3 Å². The number of nitrogens with two attached hydrogens (primary N) is 1. The summed E-state index contributed by atoms with van der Waals surface area (Å²) in [6.45, 7) is 2.26. The molecular weight excluding hydrogens is 232 g/mol. The van der Waals surface area contributed by atoms with Crippen LogP contribution in [0.2, 0.25) is 0 Å². The Morgan fingerprint density at radius 2 is 2.11 bits per heavy atom. The number of ether oxygens (including phenoxy) is 1. The number of nitrogen functional groups attached to an aromatic ring is 1. The van der Waals surface area contributed by atoms with E-state index in [1.165, 1.54) is 0 Å². The molecule has 0 unspecified atom stereocenters. The first-order valence-electron chi connectivity index (χ1n) is 5.87. The van der Waals surface area contributed by atoms with Crippen LogP contribution in [0.25, 0.3) is 0 Å². The molecule has 0 atom stereocenters. The summed E-state index contributed by atoms with van der Waals surface area (Å²) in [7, 11) is 0. The van der Waals surface area contributed by atoms with E-state index in [1.807, 2.05) is 0 Å². The monoisotopic (exact) mass is 248 g/mol. The molecule has 1 aromatic heterocycles. The number of rotatable bonds is 5. The van der Waals surface area contributed by atoms with Crippen LogP contribution in [0, 0.1) is 12.3 Å². The summed E-state index contributed by atoms with van der Waals surface area (Å²) >= 11 is 0. The number of hydrogen-bond donors (Lipinski definition) is 2. The highest BCUT2D eigenvalue weighted by Crippen LogP contribution is 2.19. The molecule has 1 saturated heterocycles. The van der Waals surface area contributed by atoms with Gasteiger partial charge in [-0.25, -0.2) is 5.84 Å². The Kier molecular flexibility index (Phi) is 4.15. The molecule has 1 aromatic rings. The molecule has 2 heterocycles. The maximum atomic E-state index is 5.36. The van der Waals surface area contributed by atoms with Gasteiger partial charge in [0.15, 0.2) is 0 Å². The third-order valence-corrected chi connectivity index (χ3v) is 2.60. The summed E-state index contributed by atoms with van der Waals surface area (Å²) in [5.41, 5.74) is 2.41. The predicted octanol–water partition coefficient (Wildman–Crippen LogP) is 0.159. The fraction of sp³-hybridized carbons (Fsp3) is 0.545. The summed E-state index contributed by atoms with van der Waals surface area (Å²) in [6.07, 6.45) is 7.95. The second kappa shape index (κ2) is 6.02. The third kappa shape index (κ3) is 2.99. The van der Waals surface area contributed by atoms with Crippen LogP contribution in [0.15, 0.2) is 0 Å². The molecule has 0 amide bonds. The molecule has 18 heavy (non-hydrogen) atoms. The van der Waals surface area contributed by atoms with Gasteiger partial charge in [-0.05, 0) is 12.8 Å². The van der Waals surface area contributed by atoms with Crippen molar-refractivity contribution in [3.63, 3.8) is 0 Å². The minimum Gasteiger partial charge on any atom is -0.462 e. The Morgan fingerprint density at radius 3 is 2.78 bits per heavy atom. The van der Waals surface area contributed by atoms with Gasteiger partial charge in [0.05, 0.1) is 0 Å². The molecule has 2 rings (SSSR count). The van der Waals surface area contributed by atoms with Crippen LogP contribution >= 0.6 is 0 Å². The van der Waals surface area contributed by atoms with E-state index in [4.69, 9.17) is 17.0 Å². The van der Waals surface area contributed by atoms with Crippen LogP contribution < -0.4 is 20.9 Å². The van der Waals surface area contributed by atoms with Crippen molar-refractivity contribution in [1.29, 1.82) is 0 Å². The molecule has 0 spiro atoms. The minimum atomic E-state index is 0.245. The van der Waals surface area contributed by atoms with E-state index < -0.39 is 0 Å². The van der Waals surface area contributed by atoms with Gasteiger partial charge in [0.2, 0.25) is 11.9 Å². The van der Waals surface area contributed by atoms with Gasteiger partial charge in [0, 0.05) is 19.5 Å². The van der Waals surface area contributed by atoms with Crippen molar-refractivity contribution in [2.24, 2.45) is 5.84 Å². The third-order valence-electron chi connectivity index (χ3n) is 2.60. The molecular formula is C11H16N6O. The topological polar surface area (TPSA) is 89.2 Å². The lowest BCUT2D eigenvalue weighted by molar-refractivity contribution is 0.300. The standard InChI is InChI=1S/C11H16N6O/c1-2-3-8-18-11-14-9(16-12)13-10(15-11)17-6-4-5-7-17/h1H,3-8,12H2,(H,13,14,15,16). The van der Waals surface area contributed by atoms with E-state index in [0.29, 0.717) is 24.9 Å². The SMILES string of the molecule is C#CCCOc1nc(NN)nc(N2CCCC2)n1. The second-order valence-corrected chi connectivity index (χ2v) is 3.88. The number of hydrazine groups is 1. The van der Waals surface area contributed by atoms with Gasteiger partial charge in [-0.1, -0.05) is 0 Å². The first-order valence-corrected chi connectivity index (χ1v) is 5.87. The molecule has 0 aliphatic carbocycles. The Bertz CT molecular complexity index is 438. The first kappa shape index (κ1) is 12.4. The van der Waals surface area contributed by atoms with Gasteiger partial charge in [0.25, 0.3) is 0 Å². The lowest BCUT2D eigenvalue weighted by Gasteiger charge is -2.16. The summed E-state index contributed by atoms with van der Waals surface area (Å²) in [6, 6.07) is 0.245. The Hall–Kier alpha value is -2.07. The van der Waals surface area contributed by atoms with Crippen molar-refractivity contribution < 1.29 is 4.74 Å². The number of nitrogens with zero attached hydrogens (tertiary/aromatic N) is 4. The van der Waals surface area contributed by atoms with E-state index in [1.54, 1.807) is 0 Å². The summed E-state index contributed by atoms with van der Waals surface area (Å²) in [5, 5.41) is 0. The lowest BCUT2D eigenvalue weighted by Crippen LogP contribution is -2.23. The minimum absolute atomic E-state index is 0.245. The Labute approximate surface area is 106 Å². The lowest BCUT2D eigenvalue weighted by atomic mass is 10.4. The fourth-order valence-electron chi connectivity index (χ4n) is 1.73. The molecule has 0 aromatic carbocycles. The van der Waals surface area contributed by atoms with E-state index in [-0.39, 0.29) is 6.01 Å². The van der Waals surface area contributed by atoms with Crippen LogP contribution in [0.1, 0.15) is 19.3 Å². The molecule has 0 saturated carbocycles. The molecule has 1 fully saturated rings. The smallest absolute Gasteiger partial charge is 0.323 e. The van der Waals surface area contributed by atoms with E-state index in [2.05, 4.69) is 31.2 Å². The maximum Gasteiger partial charge on any atom is 0.323 e. The summed E-state index contributed by atoms with van der Waals surface area (Å²) in [5.74, 6) is 8.70. The molecule has 7 nitrogen and oxygen atoms in total. The predicted molar refractivity (Wildman–Crippen MR) is 68.0 cm³/mol. The average molecular weight is 248 g/mol. The normalized spacial score (nSPS) is 14.3. The molecule has 0 radical (unpaired) electrons. The number of terminal acetylenes is 1. The van der Waals surface area contributed by atoms with E-state index in [9.17, 15) is 0 Å². The number of aromatic nitrogens is 3. The van der Waals surface area contributed by atoms with Crippen molar-refractivity contribution in [3.05, 3.63) is 0 Å². The number of hydrogen-bond acceptors (Lipinski definition) is 7. The molecule has 96 valence electrons. The van der Waals surface area contributed by atoms with Crippen molar-refractivity contribution in [3.8, 4) is 18.4 Å². The van der Waals surface area contributed by atoms with Crippen LogP contribution in [0.3, 0.4) is 0 Å². The highest BCUT2D eigenvalue weighted by molar-refractivity contribution is 5.38. The average Bonchev–Trinajstić information content (AvgIpc) is 2.92. The highest BCUT2D eigenvalue weighted by atomic mass is 16.5. The van der Waals surface area contributed by atoms with E-state index >= 15 is 0 Å². The van der Waals surface area contributed by atoms with Crippen LogP contribution in [-0.2, 0) is 0 Å². The van der Waals surface area contributed by atoms with Gasteiger partial charge >= 0.3 is 6.01 Å². The van der Waals surface area contributed by atoms with Gasteiger partial charge in [-0.3, -0.25) is 5.43 Å². The Balaban J connectivity index is 2.13. The van der Waals surface area contributed by atoms with Crippen LogP contribution in [0.4, 0.5) is 11.9 Å². The number of anilines is 2. The zero-order chi connectivity index (χ0) is 12.8. The summed E-state index contributed by atoms with van der Waals surface area (Å²) < 4.78 is 5.36. The van der Waals surface area contributed by atoms with Crippen LogP contribution in [0.5, 0.6) is 6.01 Å². The maximum absolute atomic E-state index is 5.36. The summed E-state index contributed by atoms with van der Waals surface area (Å²) in [4.78, 5) is 14.6. The molecule has 1 aliphatic heterocycles. The van der Waals surface area contributed by atoms with Gasteiger partial charge in [0.1, 0.15) is 6.61 Å². The zero-order valence-electron chi connectivity index (χ0n) is 10.1. The van der Waals surface area contributed by atoms with E-state index in [0.717, 1.165) is 25.9 Å². The van der Waals surface area contributed by atoms with Crippen molar-refractivity contribution in [1.82, 2.24) is 15.0 Å². The molecule has 7 heteroatoms. The van der Waals surface area contributed by atoms with Crippen LogP contribution in [-0.4, -0.2) is 34.6 Å². The number of nitrogens with one attached hydrogen (secondary N) is 1. The molecule has 1 aliphatic rings. The Morgan fingerprint density at radius 1 is 1.33 bits per heavy atom. The molecule has 0 bridgehead atoms. The zero-order valence-corrected chi connectivity index (χ0v) is 10.1. The fourth-order valence-corrected chi connectivity index (χ4v) is 1.73. The largest absolute Gasteiger partial charge is 0.462 e. The van der Waals surface area contributed by atoms with Gasteiger partial charge in [-0.15, -0.1) is 12.3 Å². The second-order valence-electron chi connectivity index (χ2n) is 3.88. The first-order chi connectivity index (χ1) is 8.83. The van der Waals surface area contributed by atoms with Gasteiger partial charge in [-0.2, -0.15) is 15.0 Å². The van der Waals surface area contributed by atoms with Gasteiger partial charge < -0.3 is 9.64 Å². The highest BCUT2D eigenvalue weighted by Gasteiger charge is 2.17. The molecule has 3 N–H and O–H groups in total. The quantitative estimate of drug-likeness (QED) is 0.332. The van der Waals surface area contributed by atoms with Crippen molar-refractivity contribution in [2.75, 3.05) is 30.0 Å².